The number of hydrogen-bond acceptors (Lipinski definition) is 4. The summed E-state index contributed by atoms with van der Waals surface area (Å²) in [7, 11) is 4.31. The zero-order valence-electron chi connectivity index (χ0n) is 14.8. The van der Waals surface area contributed by atoms with Gasteiger partial charge >= 0.3 is 6.03 Å². The molecule has 0 aromatic rings. The summed E-state index contributed by atoms with van der Waals surface area (Å²) < 4.78 is 0. The lowest BCUT2D eigenvalue weighted by Gasteiger charge is -2.37. The van der Waals surface area contributed by atoms with Crippen molar-refractivity contribution < 1.29 is 9.90 Å². The van der Waals surface area contributed by atoms with Gasteiger partial charge in [-0.25, -0.2) is 4.79 Å². The number of urea groups is 1. The van der Waals surface area contributed by atoms with E-state index in [1.54, 1.807) is 0 Å². The second kappa shape index (κ2) is 9.45. The second-order valence-corrected chi connectivity index (χ2v) is 7.12. The van der Waals surface area contributed by atoms with Crippen molar-refractivity contribution in [2.24, 2.45) is 0 Å². The van der Waals surface area contributed by atoms with Crippen LogP contribution in [0.4, 0.5) is 4.79 Å². The molecule has 2 saturated heterocycles. The number of nitrogens with zero attached hydrogens (tertiary/aromatic N) is 3. The normalized spacial score (nSPS) is 24.2. The van der Waals surface area contributed by atoms with Gasteiger partial charge in [-0.2, -0.15) is 0 Å². The quantitative estimate of drug-likeness (QED) is 0.763. The van der Waals surface area contributed by atoms with Gasteiger partial charge in [0, 0.05) is 38.3 Å². The molecule has 0 bridgehead atoms. The molecule has 23 heavy (non-hydrogen) atoms. The molecule has 2 amide bonds. The van der Waals surface area contributed by atoms with Crippen LogP contribution in [0.5, 0.6) is 0 Å². The SMILES string of the molecule is CN(C)C1CCN(CCNC(=O)N2CCCCC2CCO)CC1. The van der Waals surface area contributed by atoms with E-state index in [0.29, 0.717) is 19.0 Å². The van der Waals surface area contributed by atoms with E-state index in [4.69, 9.17) is 5.11 Å². The van der Waals surface area contributed by atoms with Crippen LogP contribution in [0.1, 0.15) is 38.5 Å². The van der Waals surface area contributed by atoms with Crippen LogP contribution in [0.15, 0.2) is 0 Å². The van der Waals surface area contributed by atoms with Crippen LogP contribution in [0.3, 0.4) is 0 Å². The first-order valence-electron chi connectivity index (χ1n) is 9.16. The minimum Gasteiger partial charge on any atom is -0.396 e. The minimum atomic E-state index is 0.0475. The van der Waals surface area contributed by atoms with Crippen molar-refractivity contribution in [3.05, 3.63) is 0 Å². The summed E-state index contributed by atoms with van der Waals surface area (Å²) in [4.78, 5) is 19.1. The van der Waals surface area contributed by atoms with E-state index in [9.17, 15) is 4.79 Å². The standard InChI is InChI=1S/C17H34N4O2/c1-19(2)15-6-11-20(12-7-15)13-9-18-17(23)21-10-4-3-5-16(21)8-14-22/h15-16,22H,3-14H2,1-2H3,(H,18,23). The zero-order chi connectivity index (χ0) is 16.7. The van der Waals surface area contributed by atoms with E-state index >= 15 is 0 Å². The van der Waals surface area contributed by atoms with Crippen molar-refractivity contribution in [1.29, 1.82) is 0 Å². The molecule has 6 heteroatoms. The molecular formula is C17H34N4O2. The molecule has 0 aliphatic carbocycles. The second-order valence-electron chi connectivity index (χ2n) is 7.12. The fourth-order valence-electron chi connectivity index (χ4n) is 3.80. The maximum absolute atomic E-state index is 12.4. The van der Waals surface area contributed by atoms with Crippen molar-refractivity contribution in [2.75, 3.05) is 53.4 Å². The molecule has 134 valence electrons. The molecule has 0 radical (unpaired) electrons. The van der Waals surface area contributed by atoms with Crippen LogP contribution in [0.25, 0.3) is 0 Å². The highest BCUT2D eigenvalue weighted by Gasteiger charge is 2.26. The monoisotopic (exact) mass is 326 g/mol. The Morgan fingerprint density at radius 2 is 1.91 bits per heavy atom. The molecule has 2 rings (SSSR count). The number of hydrogen-bond donors (Lipinski definition) is 2. The Kier molecular flexibility index (Phi) is 7.59. The molecule has 2 aliphatic rings. The number of piperidine rings is 2. The minimum absolute atomic E-state index is 0.0475. The van der Waals surface area contributed by atoms with Gasteiger partial charge in [-0.1, -0.05) is 0 Å². The van der Waals surface area contributed by atoms with Gasteiger partial charge in [0.2, 0.25) is 0 Å². The molecule has 1 unspecified atom stereocenters. The summed E-state index contributed by atoms with van der Waals surface area (Å²) in [6.07, 6.45) is 6.39. The van der Waals surface area contributed by atoms with Crippen molar-refractivity contribution in [1.82, 2.24) is 20.0 Å². The van der Waals surface area contributed by atoms with Crippen LogP contribution >= 0.6 is 0 Å². The predicted octanol–water partition coefficient (Wildman–Crippen LogP) is 0.959. The average Bonchev–Trinajstić information content (AvgIpc) is 2.56. The van der Waals surface area contributed by atoms with Crippen molar-refractivity contribution >= 4 is 6.03 Å². The Balaban J connectivity index is 1.66. The number of nitrogens with one attached hydrogen (secondary N) is 1. The third-order valence-corrected chi connectivity index (χ3v) is 5.34. The Morgan fingerprint density at radius 3 is 2.57 bits per heavy atom. The predicted molar refractivity (Wildman–Crippen MR) is 92.6 cm³/mol. The maximum Gasteiger partial charge on any atom is 0.317 e. The molecule has 0 aromatic carbocycles. The van der Waals surface area contributed by atoms with Gasteiger partial charge in [-0.05, 0) is 65.7 Å². The summed E-state index contributed by atoms with van der Waals surface area (Å²) in [6, 6.07) is 0.962. The highest BCUT2D eigenvalue weighted by Crippen LogP contribution is 2.19. The number of rotatable bonds is 6. The summed E-state index contributed by atoms with van der Waals surface area (Å²) in [6.45, 7) is 4.88. The number of carbonyl (C=O) groups excluding carboxylic acids is 1. The Labute approximate surface area is 140 Å². The fourth-order valence-corrected chi connectivity index (χ4v) is 3.80. The van der Waals surface area contributed by atoms with Crippen molar-refractivity contribution in [3.63, 3.8) is 0 Å². The van der Waals surface area contributed by atoms with E-state index in [1.807, 2.05) is 4.90 Å². The third-order valence-electron chi connectivity index (χ3n) is 5.34. The van der Waals surface area contributed by atoms with Gasteiger partial charge in [0.15, 0.2) is 0 Å². The highest BCUT2D eigenvalue weighted by molar-refractivity contribution is 5.74. The summed E-state index contributed by atoms with van der Waals surface area (Å²) >= 11 is 0. The molecule has 2 heterocycles. The molecule has 6 nitrogen and oxygen atoms in total. The van der Waals surface area contributed by atoms with E-state index in [-0.39, 0.29) is 18.7 Å². The molecule has 0 saturated carbocycles. The van der Waals surface area contributed by atoms with E-state index in [1.165, 1.54) is 12.8 Å². The van der Waals surface area contributed by atoms with Gasteiger partial charge in [-0.3, -0.25) is 0 Å². The Hall–Kier alpha value is -0.850. The number of amides is 2. The lowest BCUT2D eigenvalue weighted by atomic mass is 10.0. The Bertz CT molecular complexity index is 355. The first-order chi connectivity index (χ1) is 11.1. The summed E-state index contributed by atoms with van der Waals surface area (Å²) in [5, 5.41) is 12.2. The van der Waals surface area contributed by atoms with Crippen LogP contribution in [-0.2, 0) is 0 Å². The number of aliphatic hydroxyl groups is 1. The topological polar surface area (TPSA) is 59.0 Å². The van der Waals surface area contributed by atoms with Crippen LogP contribution in [0, 0.1) is 0 Å². The lowest BCUT2D eigenvalue weighted by Crippen LogP contribution is -2.51. The van der Waals surface area contributed by atoms with Gasteiger partial charge < -0.3 is 25.1 Å². The lowest BCUT2D eigenvalue weighted by molar-refractivity contribution is 0.127. The molecular weight excluding hydrogens is 292 g/mol. The molecule has 1 atom stereocenters. The molecule has 2 aliphatic heterocycles. The van der Waals surface area contributed by atoms with E-state index < -0.39 is 0 Å². The van der Waals surface area contributed by atoms with Crippen LogP contribution < -0.4 is 5.32 Å². The number of likely N-dealkylation sites (tertiary alicyclic amines) is 2. The van der Waals surface area contributed by atoms with Crippen LogP contribution in [0.2, 0.25) is 0 Å². The molecule has 0 aromatic heterocycles. The first-order valence-corrected chi connectivity index (χ1v) is 9.16. The number of carbonyl (C=O) groups is 1. The van der Waals surface area contributed by atoms with Gasteiger partial charge in [-0.15, -0.1) is 0 Å². The van der Waals surface area contributed by atoms with Gasteiger partial charge in [0.1, 0.15) is 0 Å². The summed E-state index contributed by atoms with van der Waals surface area (Å²) in [5.74, 6) is 0. The maximum atomic E-state index is 12.4. The van der Waals surface area contributed by atoms with E-state index in [0.717, 1.165) is 45.4 Å². The summed E-state index contributed by atoms with van der Waals surface area (Å²) in [5.41, 5.74) is 0. The van der Waals surface area contributed by atoms with E-state index in [2.05, 4.69) is 29.2 Å². The zero-order valence-corrected chi connectivity index (χ0v) is 14.8. The Morgan fingerprint density at radius 1 is 1.17 bits per heavy atom. The number of aliphatic hydroxyl groups excluding tert-OH is 1. The molecule has 2 fully saturated rings. The van der Waals surface area contributed by atoms with Gasteiger partial charge in [0.05, 0.1) is 0 Å². The molecule has 0 spiro atoms. The highest BCUT2D eigenvalue weighted by atomic mass is 16.3. The smallest absolute Gasteiger partial charge is 0.317 e. The third kappa shape index (κ3) is 5.62. The molecule has 2 N–H and O–H groups in total. The van der Waals surface area contributed by atoms with Crippen molar-refractivity contribution in [2.45, 2.75) is 50.6 Å². The van der Waals surface area contributed by atoms with Crippen molar-refractivity contribution in [3.8, 4) is 0 Å². The largest absolute Gasteiger partial charge is 0.396 e. The first kappa shape index (κ1) is 18.5. The van der Waals surface area contributed by atoms with Crippen LogP contribution in [-0.4, -0.2) is 91.3 Å². The fraction of sp³-hybridized carbons (Fsp3) is 0.941. The average molecular weight is 326 g/mol. The van der Waals surface area contributed by atoms with Gasteiger partial charge in [0.25, 0.3) is 0 Å².